The molecule has 2 aromatic carbocycles. The highest BCUT2D eigenvalue weighted by Gasteiger charge is 2.21. The Morgan fingerprint density at radius 3 is 2.40 bits per heavy atom. The van der Waals surface area contributed by atoms with Gasteiger partial charge in [-0.15, -0.1) is 10.2 Å². The van der Waals surface area contributed by atoms with E-state index < -0.39 is 5.91 Å². The average molecular weight is 338 g/mol. The smallest absolute Gasteiger partial charge is 0.287 e. The van der Waals surface area contributed by atoms with Crippen LogP contribution in [0, 0.1) is 13.8 Å². The molecule has 7 nitrogen and oxygen atoms in total. The van der Waals surface area contributed by atoms with Crippen molar-refractivity contribution in [2.45, 2.75) is 13.8 Å². The van der Waals surface area contributed by atoms with Crippen LogP contribution in [0.1, 0.15) is 21.7 Å². The fraction of sp³-hybridized carbons (Fsp3) is 0.167. The summed E-state index contributed by atoms with van der Waals surface area (Å²) >= 11 is 0. The molecule has 0 unspecified atom stereocenters. The van der Waals surface area contributed by atoms with E-state index in [0.29, 0.717) is 22.8 Å². The van der Waals surface area contributed by atoms with Gasteiger partial charge in [0.2, 0.25) is 5.82 Å². The van der Waals surface area contributed by atoms with Crippen LogP contribution in [0.15, 0.2) is 36.4 Å². The number of ether oxygens (including phenoxy) is 1. The van der Waals surface area contributed by atoms with Gasteiger partial charge in [-0.25, -0.2) is 0 Å². The van der Waals surface area contributed by atoms with Crippen molar-refractivity contribution in [3.05, 3.63) is 53.3 Å². The average Bonchev–Trinajstić information content (AvgIpc) is 3.03. The van der Waals surface area contributed by atoms with Crippen molar-refractivity contribution in [2.75, 3.05) is 7.11 Å². The lowest BCUT2D eigenvalue weighted by Crippen LogP contribution is -2.18. The number of amides is 1. The third-order valence-corrected chi connectivity index (χ3v) is 4.00. The molecular weight excluding hydrogens is 320 g/mol. The van der Waals surface area contributed by atoms with Crippen molar-refractivity contribution in [3.63, 3.8) is 0 Å². The first-order valence-electron chi connectivity index (χ1n) is 7.62. The summed E-state index contributed by atoms with van der Waals surface area (Å²) in [6.07, 6.45) is 0. The summed E-state index contributed by atoms with van der Waals surface area (Å²) in [6.45, 7) is 3.65. The number of methoxy groups -OCH3 is 1. The standard InChI is InChI=1S/C18H18N4O3/c1-10-9-15(23)11(2)8-14(10)17-20-21-18(16(19)24)22(17)12-4-6-13(25-3)7-5-12/h4-9,23H,1-3H3,(H2,19,24). The second-order valence-corrected chi connectivity index (χ2v) is 5.70. The topological polar surface area (TPSA) is 103 Å². The predicted octanol–water partition coefficient (Wildman–Crippen LogP) is 2.36. The van der Waals surface area contributed by atoms with Gasteiger partial charge >= 0.3 is 0 Å². The van der Waals surface area contributed by atoms with E-state index in [4.69, 9.17) is 10.5 Å². The number of benzene rings is 2. The number of aryl methyl sites for hydroxylation is 2. The molecule has 0 aliphatic carbocycles. The van der Waals surface area contributed by atoms with Crippen LogP contribution in [0.5, 0.6) is 11.5 Å². The predicted molar refractivity (Wildman–Crippen MR) is 93.0 cm³/mol. The van der Waals surface area contributed by atoms with Crippen molar-refractivity contribution in [3.8, 4) is 28.6 Å². The molecule has 1 heterocycles. The molecule has 0 aliphatic rings. The normalized spacial score (nSPS) is 10.7. The summed E-state index contributed by atoms with van der Waals surface area (Å²) in [5.41, 5.74) is 8.41. The largest absolute Gasteiger partial charge is 0.508 e. The molecule has 0 saturated carbocycles. The molecule has 0 bridgehead atoms. The van der Waals surface area contributed by atoms with Gasteiger partial charge in [-0.3, -0.25) is 9.36 Å². The Labute approximate surface area is 144 Å². The zero-order chi connectivity index (χ0) is 18.1. The summed E-state index contributed by atoms with van der Waals surface area (Å²) in [6, 6.07) is 10.6. The van der Waals surface area contributed by atoms with E-state index in [1.165, 1.54) is 0 Å². The summed E-state index contributed by atoms with van der Waals surface area (Å²) < 4.78 is 6.77. The third-order valence-electron chi connectivity index (χ3n) is 4.00. The Bertz CT molecular complexity index is 946. The Balaban J connectivity index is 2.25. The molecule has 0 spiro atoms. The van der Waals surface area contributed by atoms with Crippen LogP contribution < -0.4 is 10.5 Å². The van der Waals surface area contributed by atoms with Gasteiger partial charge in [0.05, 0.1) is 7.11 Å². The molecule has 1 aromatic heterocycles. The van der Waals surface area contributed by atoms with E-state index in [1.807, 2.05) is 6.92 Å². The summed E-state index contributed by atoms with van der Waals surface area (Å²) in [7, 11) is 1.58. The second-order valence-electron chi connectivity index (χ2n) is 5.70. The maximum atomic E-state index is 11.8. The number of rotatable bonds is 4. The molecule has 3 aromatic rings. The fourth-order valence-corrected chi connectivity index (χ4v) is 2.64. The van der Waals surface area contributed by atoms with Crippen molar-refractivity contribution in [1.29, 1.82) is 0 Å². The quantitative estimate of drug-likeness (QED) is 0.760. The number of carbonyl (C=O) groups is 1. The summed E-state index contributed by atoms with van der Waals surface area (Å²) in [5.74, 6) is 0.718. The molecule has 0 saturated heterocycles. The van der Waals surface area contributed by atoms with E-state index in [-0.39, 0.29) is 11.6 Å². The molecular formula is C18H18N4O3. The van der Waals surface area contributed by atoms with E-state index in [2.05, 4.69) is 10.2 Å². The number of aromatic nitrogens is 3. The molecule has 3 rings (SSSR count). The van der Waals surface area contributed by atoms with E-state index >= 15 is 0 Å². The first-order chi connectivity index (χ1) is 11.9. The molecule has 3 N–H and O–H groups in total. The lowest BCUT2D eigenvalue weighted by atomic mass is 10.0. The number of carbonyl (C=O) groups excluding carboxylic acids is 1. The highest BCUT2D eigenvalue weighted by Crippen LogP contribution is 2.30. The second kappa shape index (κ2) is 6.27. The van der Waals surface area contributed by atoms with Gasteiger partial charge in [0.1, 0.15) is 11.5 Å². The van der Waals surface area contributed by atoms with Crippen LogP contribution in [0.2, 0.25) is 0 Å². The Morgan fingerprint density at radius 1 is 1.12 bits per heavy atom. The molecule has 0 fully saturated rings. The van der Waals surface area contributed by atoms with Crippen molar-refractivity contribution < 1.29 is 14.6 Å². The SMILES string of the molecule is COc1ccc(-n2c(C(N)=O)nnc2-c2cc(C)c(O)cc2C)cc1. The van der Waals surface area contributed by atoms with E-state index in [1.54, 1.807) is 55.0 Å². The number of hydrogen-bond acceptors (Lipinski definition) is 5. The summed E-state index contributed by atoms with van der Waals surface area (Å²) in [5, 5.41) is 18.0. The van der Waals surface area contributed by atoms with Crippen molar-refractivity contribution in [2.24, 2.45) is 5.73 Å². The molecule has 128 valence electrons. The fourth-order valence-electron chi connectivity index (χ4n) is 2.64. The van der Waals surface area contributed by atoms with Crippen LogP contribution >= 0.6 is 0 Å². The number of nitrogens with two attached hydrogens (primary N) is 1. The minimum absolute atomic E-state index is 0.0327. The van der Waals surface area contributed by atoms with Gasteiger partial charge in [0.25, 0.3) is 5.91 Å². The molecule has 0 radical (unpaired) electrons. The Kier molecular flexibility index (Phi) is 4.14. The van der Waals surface area contributed by atoms with E-state index in [0.717, 1.165) is 11.1 Å². The van der Waals surface area contributed by atoms with Gasteiger partial charge in [0.15, 0.2) is 5.82 Å². The highest BCUT2D eigenvalue weighted by molar-refractivity contribution is 5.90. The van der Waals surface area contributed by atoms with Crippen molar-refractivity contribution >= 4 is 5.91 Å². The number of nitrogens with zero attached hydrogens (tertiary/aromatic N) is 3. The van der Waals surface area contributed by atoms with Crippen LogP contribution in [0.3, 0.4) is 0 Å². The van der Waals surface area contributed by atoms with Crippen molar-refractivity contribution in [1.82, 2.24) is 14.8 Å². The van der Waals surface area contributed by atoms with Crippen LogP contribution in [-0.2, 0) is 0 Å². The molecule has 25 heavy (non-hydrogen) atoms. The first kappa shape index (κ1) is 16.5. The maximum absolute atomic E-state index is 11.8. The number of hydrogen-bond donors (Lipinski definition) is 2. The molecule has 1 amide bonds. The number of primary amides is 1. The number of phenols is 1. The third kappa shape index (κ3) is 2.91. The van der Waals surface area contributed by atoms with Gasteiger partial charge in [-0.05, 0) is 61.4 Å². The minimum Gasteiger partial charge on any atom is -0.508 e. The highest BCUT2D eigenvalue weighted by atomic mass is 16.5. The zero-order valence-electron chi connectivity index (χ0n) is 14.1. The molecule has 0 aliphatic heterocycles. The van der Waals surface area contributed by atoms with Gasteiger partial charge in [-0.1, -0.05) is 0 Å². The number of aromatic hydroxyl groups is 1. The Hall–Kier alpha value is -3.35. The first-order valence-corrected chi connectivity index (χ1v) is 7.62. The number of phenolic OH excluding ortho intramolecular Hbond substituents is 1. The van der Waals surface area contributed by atoms with Gasteiger partial charge in [0, 0.05) is 11.3 Å². The maximum Gasteiger partial charge on any atom is 0.287 e. The van der Waals surface area contributed by atoms with E-state index in [9.17, 15) is 9.90 Å². The molecule has 7 heteroatoms. The Morgan fingerprint density at radius 2 is 1.80 bits per heavy atom. The lowest BCUT2D eigenvalue weighted by molar-refractivity contribution is 0.0988. The van der Waals surface area contributed by atoms with Crippen LogP contribution in [-0.4, -0.2) is 32.9 Å². The van der Waals surface area contributed by atoms with Crippen LogP contribution in [0.4, 0.5) is 0 Å². The van der Waals surface area contributed by atoms with Gasteiger partial charge in [-0.2, -0.15) is 0 Å². The van der Waals surface area contributed by atoms with Gasteiger partial charge < -0.3 is 15.6 Å². The summed E-state index contributed by atoms with van der Waals surface area (Å²) in [4.78, 5) is 11.8. The lowest BCUT2D eigenvalue weighted by Gasteiger charge is -2.12. The monoisotopic (exact) mass is 338 g/mol. The zero-order valence-corrected chi connectivity index (χ0v) is 14.1. The molecule has 0 atom stereocenters. The van der Waals surface area contributed by atoms with Crippen LogP contribution in [0.25, 0.3) is 17.1 Å². The minimum atomic E-state index is -0.678.